The standard InChI is InChI=1S/C16H10F6N2O3/c1-8-4-9(2-3-13(8)24(26)27)14(25)23-12-6-10(15(17,18)19)5-11(7-12)16(20,21)22/h2-7H,1H3,(H,23,25). The second kappa shape index (κ2) is 6.89. The van der Waals surface area contributed by atoms with E-state index in [1.165, 1.54) is 6.92 Å². The Hall–Kier alpha value is -3.11. The van der Waals surface area contributed by atoms with Crippen molar-refractivity contribution in [3.8, 4) is 0 Å². The van der Waals surface area contributed by atoms with Crippen molar-refractivity contribution in [2.75, 3.05) is 5.32 Å². The van der Waals surface area contributed by atoms with Crippen LogP contribution in [0.25, 0.3) is 0 Å². The molecule has 0 fully saturated rings. The highest BCUT2D eigenvalue weighted by atomic mass is 19.4. The SMILES string of the molecule is Cc1cc(C(=O)Nc2cc(C(F)(F)F)cc(C(F)(F)F)c2)ccc1[N+](=O)[O-]. The van der Waals surface area contributed by atoms with Crippen LogP contribution in [0.4, 0.5) is 37.7 Å². The van der Waals surface area contributed by atoms with Crippen LogP contribution in [0, 0.1) is 17.0 Å². The second-order valence-electron chi connectivity index (χ2n) is 5.51. The van der Waals surface area contributed by atoms with Gasteiger partial charge in [0.25, 0.3) is 11.6 Å². The molecule has 144 valence electrons. The van der Waals surface area contributed by atoms with E-state index in [0.717, 1.165) is 18.2 Å². The number of carbonyl (C=O) groups excluding carboxylic acids is 1. The number of nitrogens with one attached hydrogen (secondary N) is 1. The number of amides is 1. The molecule has 1 N–H and O–H groups in total. The molecule has 1 amide bonds. The first-order valence-electron chi connectivity index (χ1n) is 7.15. The third-order valence-electron chi connectivity index (χ3n) is 3.50. The lowest BCUT2D eigenvalue weighted by Crippen LogP contribution is -2.16. The average Bonchev–Trinajstić information content (AvgIpc) is 2.52. The summed E-state index contributed by atoms with van der Waals surface area (Å²) in [7, 11) is 0. The van der Waals surface area contributed by atoms with E-state index in [4.69, 9.17) is 0 Å². The van der Waals surface area contributed by atoms with Crippen LogP contribution >= 0.6 is 0 Å². The minimum absolute atomic E-state index is 0.0638. The Kier molecular flexibility index (Phi) is 5.16. The Morgan fingerprint density at radius 2 is 1.48 bits per heavy atom. The summed E-state index contributed by atoms with van der Waals surface area (Å²) in [5.41, 5.74) is -4.21. The topological polar surface area (TPSA) is 72.2 Å². The van der Waals surface area contributed by atoms with Crippen molar-refractivity contribution in [3.05, 3.63) is 68.8 Å². The first kappa shape index (κ1) is 20.2. The molecular formula is C16H10F6N2O3. The van der Waals surface area contributed by atoms with Crippen molar-refractivity contribution in [2.45, 2.75) is 19.3 Å². The minimum Gasteiger partial charge on any atom is -0.322 e. The van der Waals surface area contributed by atoms with E-state index in [9.17, 15) is 41.3 Å². The number of nitro benzene ring substituents is 1. The summed E-state index contributed by atoms with van der Waals surface area (Å²) in [4.78, 5) is 22.2. The lowest BCUT2D eigenvalue weighted by atomic mass is 10.1. The van der Waals surface area contributed by atoms with E-state index < -0.39 is 40.0 Å². The summed E-state index contributed by atoms with van der Waals surface area (Å²) < 4.78 is 77.0. The normalized spacial score (nSPS) is 12.0. The number of aryl methyl sites for hydroxylation is 1. The van der Waals surface area contributed by atoms with Crippen LogP contribution in [0.1, 0.15) is 27.0 Å². The molecule has 0 saturated carbocycles. The number of nitro groups is 1. The Morgan fingerprint density at radius 3 is 1.89 bits per heavy atom. The quantitative estimate of drug-likeness (QED) is 0.444. The molecule has 2 aromatic rings. The molecule has 0 saturated heterocycles. The van der Waals surface area contributed by atoms with Gasteiger partial charge in [0.1, 0.15) is 0 Å². The predicted molar refractivity (Wildman–Crippen MR) is 82.2 cm³/mol. The van der Waals surface area contributed by atoms with E-state index in [0.29, 0.717) is 12.1 Å². The lowest BCUT2D eigenvalue weighted by molar-refractivity contribution is -0.385. The molecule has 0 unspecified atom stereocenters. The highest BCUT2D eigenvalue weighted by molar-refractivity contribution is 6.04. The molecule has 11 heteroatoms. The number of hydrogen-bond acceptors (Lipinski definition) is 3. The van der Waals surface area contributed by atoms with Gasteiger partial charge in [-0.25, -0.2) is 0 Å². The van der Waals surface area contributed by atoms with E-state index in [1.807, 2.05) is 5.32 Å². The molecule has 0 heterocycles. The van der Waals surface area contributed by atoms with Gasteiger partial charge in [0.15, 0.2) is 0 Å². The number of hydrogen-bond donors (Lipinski definition) is 1. The summed E-state index contributed by atoms with van der Waals surface area (Å²) in [6.45, 7) is 1.33. The number of alkyl halides is 6. The van der Waals surface area contributed by atoms with E-state index >= 15 is 0 Å². The molecule has 0 aromatic heterocycles. The van der Waals surface area contributed by atoms with Crippen LogP contribution in [0.5, 0.6) is 0 Å². The van der Waals surface area contributed by atoms with Crippen LogP contribution in [0.2, 0.25) is 0 Å². The smallest absolute Gasteiger partial charge is 0.322 e. The molecule has 0 aliphatic heterocycles. The molecule has 27 heavy (non-hydrogen) atoms. The van der Waals surface area contributed by atoms with Crippen molar-refractivity contribution < 1.29 is 36.1 Å². The summed E-state index contributed by atoms with van der Waals surface area (Å²) in [6.07, 6.45) is -10.1. The summed E-state index contributed by atoms with van der Waals surface area (Å²) in [6, 6.07) is 3.82. The molecule has 0 spiro atoms. The van der Waals surface area contributed by atoms with Crippen molar-refractivity contribution in [1.82, 2.24) is 0 Å². The molecule has 2 rings (SSSR count). The fraction of sp³-hybridized carbons (Fsp3) is 0.188. The van der Waals surface area contributed by atoms with Gasteiger partial charge in [0, 0.05) is 22.9 Å². The minimum atomic E-state index is -5.05. The number of rotatable bonds is 3. The number of halogens is 6. The van der Waals surface area contributed by atoms with Gasteiger partial charge in [-0.05, 0) is 37.3 Å². The van der Waals surface area contributed by atoms with Gasteiger partial charge >= 0.3 is 12.4 Å². The number of anilines is 1. The Bertz CT molecular complexity index is 874. The largest absolute Gasteiger partial charge is 0.416 e. The van der Waals surface area contributed by atoms with Gasteiger partial charge in [0.2, 0.25) is 0 Å². The van der Waals surface area contributed by atoms with Gasteiger partial charge in [-0.3, -0.25) is 14.9 Å². The van der Waals surface area contributed by atoms with Crippen molar-refractivity contribution in [3.63, 3.8) is 0 Å². The molecule has 0 radical (unpaired) electrons. The first-order chi connectivity index (χ1) is 12.3. The van der Waals surface area contributed by atoms with Gasteiger partial charge in [0.05, 0.1) is 16.1 Å². The van der Waals surface area contributed by atoms with Crippen LogP contribution in [-0.2, 0) is 12.4 Å². The van der Waals surface area contributed by atoms with Crippen molar-refractivity contribution in [2.24, 2.45) is 0 Å². The molecule has 2 aromatic carbocycles. The van der Waals surface area contributed by atoms with Gasteiger partial charge < -0.3 is 5.32 Å². The van der Waals surface area contributed by atoms with Crippen LogP contribution in [0.3, 0.4) is 0 Å². The molecule has 0 bridgehead atoms. The summed E-state index contributed by atoms with van der Waals surface area (Å²) in [5, 5.41) is 12.7. The highest BCUT2D eigenvalue weighted by Gasteiger charge is 2.37. The Balaban J connectivity index is 2.40. The molecule has 0 aliphatic carbocycles. The average molecular weight is 392 g/mol. The Morgan fingerprint density at radius 1 is 0.963 bits per heavy atom. The van der Waals surface area contributed by atoms with Crippen molar-refractivity contribution in [1.29, 1.82) is 0 Å². The maximum absolute atomic E-state index is 12.8. The van der Waals surface area contributed by atoms with E-state index in [1.54, 1.807) is 0 Å². The van der Waals surface area contributed by atoms with Gasteiger partial charge in [-0.15, -0.1) is 0 Å². The predicted octanol–water partition coefficient (Wildman–Crippen LogP) is 5.19. The number of benzene rings is 2. The van der Waals surface area contributed by atoms with Gasteiger partial charge in [-0.2, -0.15) is 26.3 Å². The maximum atomic E-state index is 12.8. The van der Waals surface area contributed by atoms with Gasteiger partial charge in [-0.1, -0.05) is 0 Å². The zero-order valence-electron chi connectivity index (χ0n) is 13.4. The number of nitrogens with zero attached hydrogens (tertiary/aromatic N) is 1. The van der Waals surface area contributed by atoms with Crippen LogP contribution in [-0.4, -0.2) is 10.8 Å². The lowest BCUT2D eigenvalue weighted by Gasteiger charge is -2.15. The summed E-state index contributed by atoms with van der Waals surface area (Å²) in [5.74, 6) is -1.01. The highest BCUT2D eigenvalue weighted by Crippen LogP contribution is 2.37. The molecular weight excluding hydrogens is 382 g/mol. The second-order valence-corrected chi connectivity index (χ2v) is 5.51. The van der Waals surface area contributed by atoms with Crippen LogP contribution < -0.4 is 5.32 Å². The number of carbonyl (C=O) groups is 1. The van der Waals surface area contributed by atoms with E-state index in [2.05, 4.69) is 0 Å². The third kappa shape index (κ3) is 4.74. The first-order valence-corrected chi connectivity index (χ1v) is 7.15. The zero-order valence-corrected chi connectivity index (χ0v) is 13.4. The molecule has 5 nitrogen and oxygen atoms in total. The Labute approximate surface area is 147 Å². The third-order valence-corrected chi connectivity index (χ3v) is 3.50. The van der Waals surface area contributed by atoms with Crippen LogP contribution in [0.15, 0.2) is 36.4 Å². The fourth-order valence-electron chi connectivity index (χ4n) is 2.23. The van der Waals surface area contributed by atoms with E-state index in [-0.39, 0.29) is 22.9 Å². The van der Waals surface area contributed by atoms with Crippen molar-refractivity contribution >= 4 is 17.3 Å². The maximum Gasteiger partial charge on any atom is 0.416 e. The fourth-order valence-corrected chi connectivity index (χ4v) is 2.23. The molecule has 0 aliphatic rings. The summed E-state index contributed by atoms with van der Waals surface area (Å²) >= 11 is 0. The monoisotopic (exact) mass is 392 g/mol. The zero-order chi connectivity index (χ0) is 20.6. The molecule has 0 atom stereocenters.